The van der Waals surface area contributed by atoms with E-state index in [1.807, 2.05) is 25.2 Å². The lowest BCUT2D eigenvalue weighted by Crippen LogP contribution is -2.17. The van der Waals surface area contributed by atoms with Gasteiger partial charge < -0.3 is 10.0 Å². The molecule has 2 rings (SSSR count). The van der Waals surface area contributed by atoms with Gasteiger partial charge in [0.2, 0.25) is 0 Å². The van der Waals surface area contributed by atoms with Crippen molar-refractivity contribution in [2.45, 2.75) is 6.54 Å². The molecule has 0 bridgehead atoms. The molecule has 3 nitrogen and oxygen atoms in total. The van der Waals surface area contributed by atoms with Crippen LogP contribution in [0.5, 0.6) is 0 Å². The molecule has 0 spiro atoms. The molecule has 0 saturated heterocycles. The molecule has 0 amide bonds. The van der Waals surface area contributed by atoms with E-state index in [0.29, 0.717) is 0 Å². The third kappa shape index (κ3) is 3.61. The number of carboxylic acid groups (broad SMARTS) is 1. The number of halogens is 2. The van der Waals surface area contributed by atoms with Gasteiger partial charge in [0.15, 0.2) is 0 Å². The highest BCUT2D eigenvalue weighted by Gasteiger charge is 2.10. The van der Waals surface area contributed by atoms with Gasteiger partial charge in [0, 0.05) is 22.5 Å². The van der Waals surface area contributed by atoms with E-state index in [1.54, 1.807) is 12.1 Å². The molecule has 0 aliphatic carbocycles. The van der Waals surface area contributed by atoms with Crippen LogP contribution in [0.2, 0.25) is 0 Å². The third-order valence-electron chi connectivity index (χ3n) is 2.94. The molecule has 0 aromatic heterocycles. The van der Waals surface area contributed by atoms with E-state index in [-0.39, 0.29) is 5.56 Å². The molecule has 0 saturated carbocycles. The fraction of sp³-hybridized carbons (Fsp3) is 0.133. The van der Waals surface area contributed by atoms with E-state index in [4.69, 9.17) is 5.11 Å². The number of benzene rings is 2. The van der Waals surface area contributed by atoms with Gasteiger partial charge in [0.25, 0.3) is 0 Å². The Morgan fingerprint density at radius 3 is 2.35 bits per heavy atom. The number of carboxylic acids is 1. The lowest BCUT2D eigenvalue weighted by molar-refractivity contribution is 0.0697. The average Bonchev–Trinajstić information content (AvgIpc) is 2.41. The van der Waals surface area contributed by atoms with Crippen LogP contribution >= 0.6 is 31.9 Å². The van der Waals surface area contributed by atoms with Crippen molar-refractivity contribution in [3.63, 3.8) is 0 Å². The van der Waals surface area contributed by atoms with Gasteiger partial charge in [-0.05, 0) is 51.8 Å². The van der Waals surface area contributed by atoms with Crippen molar-refractivity contribution in [1.29, 1.82) is 0 Å². The van der Waals surface area contributed by atoms with Crippen molar-refractivity contribution < 1.29 is 9.90 Å². The number of hydrogen-bond donors (Lipinski definition) is 1. The van der Waals surface area contributed by atoms with Crippen molar-refractivity contribution in [2.24, 2.45) is 0 Å². The van der Waals surface area contributed by atoms with Gasteiger partial charge in [-0.3, -0.25) is 0 Å². The minimum Gasteiger partial charge on any atom is -0.478 e. The summed E-state index contributed by atoms with van der Waals surface area (Å²) in [5.74, 6) is -0.923. The van der Waals surface area contributed by atoms with Crippen LogP contribution < -0.4 is 4.90 Å². The first kappa shape index (κ1) is 15.1. The van der Waals surface area contributed by atoms with Gasteiger partial charge in [0.1, 0.15) is 0 Å². The van der Waals surface area contributed by atoms with Crippen LogP contribution in [0.3, 0.4) is 0 Å². The molecule has 1 N–H and O–H groups in total. The predicted molar refractivity (Wildman–Crippen MR) is 87.4 cm³/mol. The van der Waals surface area contributed by atoms with Crippen molar-refractivity contribution in [3.05, 3.63) is 62.5 Å². The fourth-order valence-corrected chi connectivity index (χ4v) is 2.84. The Hall–Kier alpha value is -1.33. The summed E-state index contributed by atoms with van der Waals surface area (Å²) in [6.07, 6.45) is 0. The molecule has 0 aliphatic heterocycles. The van der Waals surface area contributed by atoms with Gasteiger partial charge in [-0.1, -0.05) is 28.1 Å². The summed E-state index contributed by atoms with van der Waals surface area (Å²) in [5, 5.41) is 8.96. The number of rotatable bonds is 4. The van der Waals surface area contributed by atoms with E-state index in [0.717, 1.165) is 21.2 Å². The summed E-state index contributed by atoms with van der Waals surface area (Å²) < 4.78 is 1.83. The Kier molecular flexibility index (Phi) is 4.83. The molecule has 0 atom stereocenters. The number of nitrogens with zero attached hydrogens (tertiary/aromatic N) is 1. The molecule has 5 heteroatoms. The van der Waals surface area contributed by atoms with Gasteiger partial charge in [-0.15, -0.1) is 0 Å². The number of aromatic carboxylic acids is 1. The van der Waals surface area contributed by atoms with Crippen LogP contribution in [0.15, 0.2) is 51.4 Å². The summed E-state index contributed by atoms with van der Waals surface area (Å²) in [5.41, 5.74) is 2.42. The summed E-state index contributed by atoms with van der Waals surface area (Å²) in [4.78, 5) is 13.0. The van der Waals surface area contributed by atoms with Crippen LogP contribution in [0, 0.1) is 0 Å². The molecule has 20 heavy (non-hydrogen) atoms. The summed E-state index contributed by atoms with van der Waals surface area (Å²) in [7, 11) is 1.97. The Balaban J connectivity index is 2.18. The zero-order valence-corrected chi connectivity index (χ0v) is 14.0. The quantitative estimate of drug-likeness (QED) is 0.821. The Bertz CT molecular complexity index is 626. The van der Waals surface area contributed by atoms with Crippen molar-refractivity contribution >= 4 is 43.5 Å². The third-order valence-corrected chi connectivity index (χ3v) is 4.10. The summed E-state index contributed by atoms with van der Waals surface area (Å²) in [6.45, 7) is 0.748. The Morgan fingerprint density at radius 2 is 1.80 bits per heavy atom. The van der Waals surface area contributed by atoms with Crippen LogP contribution in [0.1, 0.15) is 15.9 Å². The molecular weight excluding hydrogens is 386 g/mol. The zero-order valence-electron chi connectivity index (χ0n) is 10.8. The first-order valence-electron chi connectivity index (χ1n) is 5.96. The van der Waals surface area contributed by atoms with E-state index in [1.165, 1.54) is 5.56 Å². The molecule has 0 radical (unpaired) electrons. The van der Waals surface area contributed by atoms with Gasteiger partial charge in [-0.2, -0.15) is 0 Å². The predicted octanol–water partition coefficient (Wildman–Crippen LogP) is 4.55. The lowest BCUT2D eigenvalue weighted by Gasteiger charge is -2.21. The van der Waals surface area contributed by atoms with Gasteiger partial charge >= 0.3 is 5.97 Å². The van der Waals surface area contributed by atoms with Crippen molar-refractivity contribution in [3.8, 4) is 0 Å². The van der Waals surface area contributed by atoms with Crippen LogP contribution in [-0.4, -0.2) is 18.1 Å². The van der Waals surface area contributed by atoms with E-state index in [9.17, 15) is 4.79 Å². The molecule has 2 aromatic carbocycles. The number of carbonyl (C=O) groups is 1. The second kappa shape index (κ2) is 6.41. The normalized spacial score (nSPS) is 10.3. The first-order chi connectivity index (χ1) is 9.47. The highest BCUT2D eigenvalue weighted by Crippen LogP contribution is 2.28. The molecule has 0 fully saturated rings. The zero-order chi connectivity index (χ0) is 14.7. The van der Waals surface area contributed by atoms with Crippen molar-refractivity contribution in [1.82, 2.24) is 0 Å². The topological polar surface area (TPSA) is 40.5 Å². The molecule has 0 aliphatic rings. The lowest BCUT2D eigenvalue weighted by atomic mass is 10.1. The highest BCUT2D eigenvalue weighted by molar-refractivity contribution is 9.10. The fourth-order valence-electron chi connectivity index (χ4n) is 1.90. The monoisotopic (exact) mass is 397 g/mol. The molecule has 2 aromatic rings. The van der Waals surface area contributed by atoms with E-state index < -0.39 is 5.97 Å². The smallest absolute Gasteiger partial charge is 0.335 e. The van der Waals surface area contributed by atoms with Crippen LogP contribution in [-0.2, 0) is 6.54 Å². The van der Waals surface area contributed by atoms with Gasteiger partial charge in [0.05, 0.1) is 11.3 Å². The molecular formula is C15H13Br2NO2. The number of hydrogen-bond acceptors (Lipinski definition) is 2. The largest absolute Gasteiger partial charge is 0.478 e. The Labute approximate surface area is 134 Å². The molecule has 0 unspecified atom stereocenters. The van der Waals surface area contributed by atoms with E-state index in [2.05, 4.69) is 48.9 Å². The SMILES string of the molecule is CN(Cc1ccc(Br)cc1)c1ccc(C(=O)O)cc1Br. The maximum absolute atomic E-state index is 10.9. The average molecular weight is 399 g/mol. The maximum Gasteiger partial charge on any atom is 0.335 e. The molecule has 0 heterocycles. The minimum atomic E-state index is -0.923. The van der Waals surface area contributed by atoms with E-state index >= 15 is 0 Å². The summed E-state index contributed by atoms with van der Waals surface area (Å²) >= 11 is 6.84. The molecule has 104 valence electrons. The standard InChI is InChI=1S/C15H13Br2NO2/c1-18(9-10-2-5-12(16)6-3-10)14-7-4-11(15(19)20)8-13(14)17/h2-8H,9H2,1H3,(H,19,20). The number of anilines is 1. The van der Waals surface area contributed by atoms with Gasteiger partial charge in [-0.25, -0.2) is 4.79 Å². The second-order valence-corrected chi connectivity index (χ2v) is 6.22. The minimum absolute atomic E-state index is 0.276. The van der Waals surface area contributed by atoms with Crippen LogP contribution in [0.4, 0.5) is 5.69 Å². The van der Waals surface area contributed by atoms with Crippen LogP contribution in [0.25, 0.3) is 0 Å². The first-order valence-corrected chi connectivity index (χ1v) is 7.54. The maximum atomic E-state index is 10.9. The summed E-state index contributed by atoms with van der Waals surface area (Å²) in [6, 6.07) is 13.2. The van der Waals surface area contributed by atoms with Crippen molar-refractivity contribution in [2.75, 3.05) is 11.9 Å². The highest BCUT2D eigenvalue weighted by atomic mass is 79.9. The Morgan fingerprint density at radius 1 is 1.15 bits per heavy atom. The second-order valence-electron chi connectivity index (χ2n) is 4.45.